The predicted octanol–water partition coefficient (Wildman–Crippen LogP) is 2.30. The summed E-state index contributed by atoms with van der Waals surface area (Å²) < 4.78 is 13.8. The van der Waals surface area contributed by atoms with Crippen LogP contribution in [0.2, 0.25) is 0 Å². The molecule has 1 aromatic carbocycles. The van der Waals surface area contributed by atoms with Crippen molar-refractivity contribution in [2.24, 2.45) is 0 Å². The fourth-order valence-electron chi connectivity index (χ4n) is 2.54. The second-order valence-electron chi connectivity index (χ2n) is 5.56. The van der Waals surface area contributed by atoms with Crippen molar-refractivity contribution < 1.29 is 9.18 Å². The molecule has 0 spiro atoms. The number of rotatable bonds is 1. The van der Waals surface area contributed by atoms with E-state index < -0.39 is 5.82 Å². The van der Waals surface area contributed by atoms with E-state index in [2.05, 4.69) is 25.8 Å². The van der Waals surface area contributed by atoms with Gasteiger partial charge in [-0.1, -0.05) is 11.6 Å². The summed E-state index contributed by atoms with van der Waals surface area (Å²) in [6.45, 7) is 7.33. The summed E-state index contributed by atoms with van der Waals surface area (Å²) in [5, 5.41) is 0. The number of halogens is 1. The second-order valence-corrected chi connectivity index (χ2v) is 5.56. The number of likely N-dealkylation sites (N-methyl/N-ethyl adjacent to an activating group) is 1. The van der Waals surface area contributed by atoms with Crippen LogP contribution >= 0.6 is 0 Å². The van der Waals surface area contributed by atoms with Crippen LogP contribution in [0.15, 0.2) is 18.2 Å². The van der Waals surface area contributed by atoms with Crippen LogP contribution in [0.25, 0.3) is 0 Å². The summed E-state index contributed by atoms with van der Waals surface area (Å²) in [4.78, 5) is 16.4. The van der Waals surface area contributed by atoms with Gasteiger partial charge in [0.1, 0.15) is 5.82 Å². The van der Waals surface area contributed by atoms with Crippen molar-refractivity contribution in [2.75, 3.05) is 20.1 Å². The van der Waals surface area contributed by atoms with Crippen molar-refractivity contribution in [1.82, 2.24) is 9.80 Å². The van der Waals surface area contributed by atoms with Crippen LogP contribution in [-0.4, -0.2) is 47.9 Å². The van der Waals surface area contributed by atoms with E-state index in [1.165, 1.54) is 6.07 Å². The van der Waals surface area contributed by atoms with Gasteiger partial charge in [0.05, 0.1) is 5.56 Å². The van der Waals surface area contributed by atoms with Crippen molar-refractivity contribution in [2.45, 2.75) is 32.9 Å². The Morgan fingerprint density at radius 2 is 1.84 bits per heavy atom. The molecular formula is C15H21FN2O. The van der Waals surface area contributed by atoms with Gasteiger partial charge in [-0.25, -0.2) is 4.39 Å². The molecule has 1 saturated heterocycles. The predicted molar refractivity (Wildman–Crippen MR) is 73.7 cm³/mol. The molecule has 19 heavy (non-hydrogen) atoms. The van der Waals surface area contributed by atoms with Crippen LogP contribution in [-0.2, 0) is 0 Å². The number of carbonyl (C=O) groups is 1. The van der Waals surface area contributed by atoms with Gasteiger partial charge in [-0.3, -0.25) is 9.69 Å². The van der Waals surface area contributed by atoms with Gasteiger partial charge in [-0.2, -0.15) is 0 Å². The third kappa shape index (κ3) is 2.78. The SMILES string of the molecule is Cc1ccc(F)c(C(=O)N2CC(C)N(C)C(C)C2)c1. The van der Waals surface area contributed by atoms with Crippen LogP contribution in [0.3, 0.4) is 0 Å². The minimum absolute atomic E-state index is 0.184. The fourth-order valence-corrected chi connectivity index (χ4v) is 2.54. The van der Waals surface area contributed by atoms with Gasteiger partial charge in [-0.15, -0.1) is 0 Å². The van der Waals surface area contributed by atoms with E-state index in [1.807, 2.05) is 6.92 Å². The molecule has 2 rings (SSSR count). The molecule has 2 unspecified atom stereocenters. The van der Waals surface area contributed by atoms with Crippen molar-refractivity contribution in [3.63, 3.8) is 0 Å². The van der Waals surface area contributed by atoms with E-state index in [-0.39, 0.29) is 11.5 Å². The lowest BCUT2D eigenvalue weighted by Crippen LogP contribution is -2.56. The van der Waals surface area contributed by atoms with Crippen LogP contribution in [0.1, 0.15) is 29.8 Å². The normalized spacial score (nSPS) is 24.6. The highest BCUT2D eigenvalue weighted by molar-refractivity contribution is 5.94. The lowest BCUT2D eigenvalue weighted by atomic mass is 10.1. The lowest BCUT2D eigenvalue weighted by Gasteiger charge is -2.42. The van der Waals surface area contributed by atoms with E-state index >= 15 is 0 Å². The number of piperazine rings is 1. The monoisotopic (exact) mass is 264 g/mol. The molecule has 2 atom stereocenters. The highest BCUT2D eigenvalue weighted by Crippen LogP contribution is 2.18. The maximum Gasteiger partial charge on any atom is 0.256 e. The average molecular weight is 264 g/mol. The van der Waals surface area contributed by atoms with Crippen LogP contribution in [0.4, 0.5) is 4.39 Å². The third-order valence-electron chi connectivity index (χ3n) is 4.00. The summed E-state index contributed by atoms with van der Waals surface area (Å²) in [5.41, 5.74) is 1.09. The highest BCUT2D eigenvalue weighted by Gasteiger charge is 2.30. The summed E-state index contributed by atoms with van der Waals surface area (Å²) >= 11 is 0. The molecule has 1 aliphatic rings. The quantitative estimate of drug-likeness (QED) is 0.777. The first kappa shape index (κ1) is 14.0. The molecule has 104 valence electrons. The smallest absolute Gasteiger partial charge is 0.256 e. The maximum atomic E-state index is 13.8. The molecule has 1 fully saturated rings. The van der Waals surface area contributed by atoms with Gasteiger partial charge < -0.3 is 4.90 Å². The van der Waals surface area contributed by atoms with Gasteiger partial charge in [0, 0.05) is 25.2 Å². The number of carbonyl (C=O) groups excluding carboxylic acids is 1. The van der Waals surface area contributed by atoms with Gasteiger partial charge in [-0.05, 0) is 40.0 Å². The van der Waals surface area contributed by atoms with Gasteiger partial charge >= 0.3 is 0 Å². The first-order valence-electron chi connectivity index (χ1n) is 6.67. The summed E-state index contributed by atoms with van der Waals surface area (Å²) in [6, 6.07) is 5.26. The number of benzene rings is 1. The molecule has 3 nitrogen and oxygen atoms in total. The highest BCUT2D eigenvalue weighted by atomic mass is 19.1. The summed E-state index contributed by atoms with van der Waals surface area (Å²) in [6.07, 6.45) is 0. The third-order valence-corrected chi connectivity index (χ3v) is 4.00. The van der Waals surface area contributed by atoms with Crippen molar-refractivity contribution in [3.8, 4) is 0 Å². The summed E-state index contributed by atoms with van der Waals surface area (Å²) in [5.74, 6) is -0.636. The first-order chi connectivity index (χ1) is 8.90. The Morgan fingerprint density at radius 3 is 2.42 bits per heavy atom. The first-order valence-corrected chi connectivity index (χ1v) is 6.67. The molecule has 1 aromatic rings. The molecule has 0 aliphatic carbocycles. The molecule has 1 heterocycles. The van der Waals surface area contributed by atoms with Gasteiger partial charge in [0.2, 0.25) is 0 Å². The molecule has 1 amide bonds. The standard InChI is InChI=1S/C15H21FN2O/c1-10-5-6-14(16)13(7-10)15(19)18-8-11(2)17(4)12(3)9-18/h5-7,11-12H,8-9H2,1-4H3. The average Bonchev–Trinajstić information content (AvgIpc) is 2.37. The number of nitrogens with zero attached hydrogens (tertiary/aromatic N) is 2. The van der Waals surface area contributed by atoms with E-state index in [0.29, 0.717) is 25.2 Å². The largest absolute Gasteiger partial charge is 0.335 e. The van der Waals surface area contributed by atoms with Crippen molar-refractivity contribution >= 4 is 5.91 Å². The van der Waals surface area contributed by atoms with Crippen molar-refractivity contribution in [3.05, 3.63) is 35.1 Å². The van der Waals surface area contributed by atoms with E-state index in [4.69, 9.17) is 0 Å². The molecule has 0 N–H and O–H groups in total. The van der Waals surface area contributed by atoms with E-state index in [0.717, 1.165) is 5.56 Å². The Balaban J connectivity index is 2.22. The van der Waals surface area contributed by atoms with Crippen LogP contribution < -0.4 is 0 Å². The molecule has 0 aromatic heterocycles. The van der Waals surface area contributed by atoms with Crippen LogP contribution in [0.5, 0.6) is 0 Å². The van der Waals surface area contributed by atoms with Crippen LogP contribution in [0, 0.1) is 12.7 Å². The Bertz CT molecular complexity index is 477. The molecule has 0 saturated carbocycles. The van der Waals surface area contributed by atoms with Gasteiger partial charge in [0.25, 0.3) is 5.91 Å². The Morgan fingerprint density at radius 1 is 1.26 bits per heavy atom. The number of hydrogen-bond donors (Lipinski definition) is 0. The Labute approximate surface area is 114 Å². The number of aryl methyl sites for hydroxylation is 1. The molecule has 0 bridgehead atoms. The zero-order valence-electron chi connectivity index (χ0n) is 12.0. The summed E-state index contributed by atoms with van der Waals surface area (Å²) in [7, 11) is 2.06. The van der Waals surface area contributed by atoms with E-state index in [9.17, 15) is 9.18 Å². The second kappa shape index (κ2) is 5.29. The minimum atomic E-state index is -0.435. The van der Waals surface area contributed by atoms with E-state index in [1.54, 1.807) is 17.0 Å². The lowest BCUT2D eigenvalue weighted by molar-refractivity contribution is 0.0410. The number of hydrogen-bond acceptors (Lipinski definition) is 2. The topological polar surface area (TPSA) is 23.6 Å². The minimum Gasteiger partial charge on any atom is -0.335 e. The fraction of sp³-hybridized carbons (Fsp3) is 0.533. The maximum absolute atomic E-state index is 13.8. The van der Waals surface area contributed by atoms with Crippen molar-refractivity contribution in [1.29, 1.82) is 0 Å². The zero-order valence-corrected chi connectivity index (χ0v) is 12.0. The molecular weight excluding hydrogens is 243 g/mol. The van der Waals surface area contributed by atoms with Gasteiger partial charge in [0.15, 0.2) is 0 Å². The molecule has 0 radical (unpaired) electrons. The molecule has 1 aliphatic heterocycles. The molecule has 4 heteroatoms. The Hall–Kier alpha value is -1.42. The zero-order chi connectivity index (χ0) is 14.2. The Kier molecular flexibility index (Phi) is 3.90. The number of amides is 1.